The van der Waals surface area contributed by atoms with Gasteiger partial charge in [0.25, 0.3) is 0 Å². The lowest BCUT2D eigenvalue weighted by Crippen LogP contribution is -2.44. The molecule has 5 heteroatoms. The molecule has 0 unspecified atom stereocenters. The SMILES string of the molecule is CCCOCn1cnc2ccc(N3CCN(C)CC3)cc21. The Hall–Kier alpha value is -1.59. The van der Waals surface area contributed by atoms with E-state index in [4.69, 9.17) is 4.74 Å². The van der Waals surface area contributed by atoms with E-state index in [1.165, 1.54) is 5.69 Å². The molecule has 0 spiro atoms. The molecule has 2 aromatic rings. The highest BCUT2D eigenvalue weighted by Crippen LogP contribution is 2.22. The fraction of sp³-hybridized carbons (Fsp3) is 0.562. The minimum absolute atomic E-state index is 0.580. The molecule has 3 rings (SSSR count). The van der Waals surface area contributed by atoms with Gasteiger partial charge in [-0.25, -0.2) is 4.98 Å². The molecule has 114 valence electrons. The van der Waals surface area contributed by atoms with Crippen LogP contribution in [0.3, 0.4) is 0 Å². The summed E-state index contributed by atoms with van der Waals surface area (Å²) in [5.74, 6) is 0. The number of nitrogens with zero attached hydrogens (tertiary/aromatic N) is 4. The molecule has 1 aliphatic rings. The Kier molecular flexibility index (Phi) is 4.41. The number of rotatable bonds is 5. The molecule has 0 radical (unpaired) electrons. The molecule has 0 amide bonds. The largest absolute Gasteiger partial charge is 0.369 e. The van der Waals surface area contributed by atoms with Crippen molar-refractivity contribution in [3.05, 3.63) is 24.5 Å². The number of imidazole rings is 1. The Bertz CT molecular complexity index is 587. The summed E-state index contributed by atoms with van der Waals surface area (Å²) in [6.07, 6.45) is 2.91. The van der Waals surface area contributed by atoms with Crippen LogP contribution in [-0.2, 0) is 11.5 Å². The van der Waals surface area contributed by atoms with E-state index in [1.54, 1.807) is 0 Å². The van der Waals surface area contributed by atoms with Crippen LogP contribution in [0.15, 0.2) is 24.5 Å². The predicted octanol–water partition coefficient (Wildman–Crippen LogP) is 2.17. The van der Waals surface area contributed by atoms with Crippen LogP contribution < -0.4 is 4.90 Å². The van der Waals surface area contributed by atoms with Gasteiger partial charge in [-0.2, -0.15) is 0 Å². The third kappa shape index (κ3) is 3.19. The number of hydrogen-bond acceptors (Lipinski definition) is 4. The third-order valence-corrected chi connectivity index (χ3v) is 4.05. The van der Waals surface area contributed by atoms with Gasteiger partial charge in [0.15, 0.2) is 0 Å². The minimum atomic E-state index is 0.580. The number of aromatic nitrogens is 2. The summed E-state index contributed by atoms with van der Waals surface area (Å²) in [7, 11) is 2.18. The van der Waals surface area contributed by atoms with Crippen LogP contribution in [-0.4, -0.2) is 54.3 Å². The first-order valence-corrected chi connectivity index (χ1v) is 7.74. The van der Waals surface area contributed by atoms with E-state index in [2.05, 4.69) is 51.5 Å². The van der Waals surface area contributed by atoms with E-state index in [1.807, 2.05) is 6.33 Å². The Morgan fingerprint density at radius 2 is 2.00 bits per heavy atom. The Balaban J connectivity index is 1.79. The predicted molar refractivity (Wildman–Crippen MR) is 85.7 cm³/mol. The van der Waals surface area contributed by atoms with Gasteiger partial charge in [0, 0.05) is 38.5 Å². The normalized spacial score (nSPS) is 16.8. The standard InChI is InChI=1S/C16H24N4O/c1-3-10-21-13-20-12-17-15-5-4-14(11-16(15)20)19-8-6-18(2)7-9-19/h4-5,11-12H,3,6-10,13H2,1-2H3. The van der Waals surface area contributed by atoms with Gasteiger partial charge in [0.1, 0.15) is 6.73 Å². The quantitative estimate of drug-likeness (QED) is 0.790. The molecule has 1 aliphatic heterocycles. The highest BCUT2D eigenvalue weighted by Gasteiger charge is 2.15. The summed E-state index contributed by atoms with van der Waals surface area (Å²) in [6, 6.07) is 6.53. The summed E-state index contributed by atoms with van der Waals surface area (Å²) in [5, 5.41) is 0. The van der Waals surface area contributed by atoms with Gasteiger partial charge in [0.05, 0.1) is 17.4 Å². The van der Waals surface area contributed by atoms with Crippen molar-refractivity contribution in [2.24, 2.45) is 0 Å². The molecule has 1 saturated heterocycles. The second kappa shape index (κ2) is 6.45. The number of piperazine rings is 1. The number of ether oxygens (including phenoxy) is 1. The second-order valence-electron chi connectivity index (χ2n) is 5.72. The molecular formula is C16H24N4O. The average molecular weight is 288 g/mol. The summed E-state index contributed by atoms with van der Waals surface area (Å²) in [4.78, 5) is 9.27. The Morgan fingerprint density at radius 3 is 2.76 bits per heavy atom. The average Bonchev–Trinajstić information content (AvgIpc) is 2.91. The Labute approximate surface area is 126 Å². The zero-order chi connectivity index (χ0) is 14.7. The monoisotopic (exact) mass is 288 g/mol. The zero-order valence-electron chi connectivity index (χ0n) is 13.0. The molecule has 2 heterocycles. The van der Waals surface area contributed by atoms with Crippen molar-refractivity contribution in [1.29, 1.82) is 0 Å². The van der Waals surface area contributed by atoms with E-state index < -0.39 is 0 Å². The van der Waals surface area contributed by atoms with Crippen molar-refractivity contribution in [1.82, 2.24) is 14.5 Å². The number of hydrogen-bond donors (Lipinski definition) is 0. The fourth-order valence-corrected chi connectivity index (χ4v) is 2.72. The zero-order valence-corrected chi connectivity index (χ0v) is 13.0. The van der Waals surface area contributed by atoms with E-state index in [0.29, 0.717) is 6.73 Å². The first kappa shape index (κ1) is 14.4. The molecule has 0 aliphatic carbocycles. The fourth-order valence-electron chi connectivity index (χ4n) is 2.72. The van der Waals surface area contributed by atoms with Crippen LogP contribution >= 0.6 is 0 Å². The number of fused-ring (bicyclic) bond motifs is 1. The van der Waals surface area contributed by atoms with Crippen molar-refractivity contribution in [3.8, 4) is 0 Å². The molecule has 1 aromatic heterocycles. The molecule has 0 atom stereocenters. The maximum absolute atomic E-state index is 5.64. The van der Waals surface area contributed by atoms with Crippen molar-refractivity contribution in [2.75, 3.05) is 44.7 Å². The maximum atomic E-state index is 5.64. The van der Waals surface area contributed by atoms with Crippen LogP contribution in [0.4, 0.5) is 5.69 Å². The highest BCUT2D eigenvalue weighted by atomic mass is 16.5. The number of benzene rings is 1. The van der Waals surface area contributed by atoms with Crippen molar-refractivity contribution >= 4 is 16.7 Å². The molecule has 0 N–H and O–H groups in total. The molecule has 1 aromatic carbocycles. The van der Waals surface area contributed by atoms with Gasteiger partial charge >= 0.3 is 0 Å². The topological polar surface area (TPSA) is 33.5 Å². The second-order valence-corrected chi connectivity index (χ2v) is 5.72. The summed E-state index contributed by atoms with van der Waals surface area (Å²) in [6.45, 7) is 7.91. The first-order valence-electron chi connectivity index (χ1n) is 7.74. The van der Waals surface area contributed by atoms with Crippen molar-refractivity contribution in [2.45, 2.75) is 20.1 Å². The van der Waals surface area contributed by atoms with Crippen molar-refractivity contribution < 1.29 is 4.74 Å². The van der Waals surface area contributed by atoms with Gasteiger partial charge in [-0.15, -0.1) is 0 Å². The van der Waals surface area contributed by atoms with E-state index in [-0.39, 0.29) is 0 Å². The van der Waals surface area contributed by atoms with Gasteiger partial charge in [0.2, 0.25) is 0 Å². The smallest absolute Gasteiger partial charge is 0.124 e. The van der Waals surface area contributed by atoms with Gasteiger partial charge in [-0.1, -0.05) is 6.92 Å². The summed E-state index contributed by atoms with van der Waals surface area (Å²) in [5.41, 5.74) is 3.48. The lowest BCUT2D eigenvalue weighted by atomic mass is 10.2. The molecule has 0 bridgehead atoms. The van der Waals surface area contributed by atoms with Gasteiger partial charge < -0.3 is 19.1 Å². The molecule has 5 nitrogen and oxygen atoms in total. The van der Waals surface area contributed by atoms with E-state index in [0.717, 1.165) is 50.2 Å². The van der Waals surface area contributed by atoms with Gasteiger partial charge in [-0.05, 0) is 31.7 Å². The molecule has 1 fully saturated rings. The number of anilines is 1. The minimum Gasteiger partial charge on any atom is -0.369 e. The molecule has 0 saturated carbocycles. The summed E-state index contributed by atoms with van der Waals surface area (Å²) < 4.78 is 7.73. The lowest BCUT2D eigenvalue weighted by Gasteiger charge is -2.34. The maximum Gasteiger partial charge on any atom is 0.124 e. The van der Waals surface area contributed by atoms with Crippen LogP contribution in [0.25, 0.3) is 11.0 Å². The Morgan fingerprint density at radius 1 is 1.19 bits per heavy atom. The van der Waals surface area contributed by atoms with Crippen molar-refractivity contribution in [3.63, 3.8) is 0 Å². The number of likely N-dealkylation sites (N-methyl/N-ethyl adjacent to an activating group) is 1. The third-order valence-electron chi connectivity index (χ3n) is 4.05. The van der Waals surface area contributed by atoms with Crippen LogP contribution in [0, 0.1) is 0 Å². The van der Waals surface area contributed by atoms with E-state index >= 15 is 0 Å². The first-order chi connectivity index (χ1) is 10.3. The lowest BCUT2D eigenvalue weighted by molar-refractivity contribution is 0.0800. The molecular weight excluding hydrogens is 264 g/mol. The van der Waals surface area contributed by atoms with Crippen LogP contribution in [0.2, 0.25) is 0 Å². The molecule has 21 heavy (non-hydrogen) atoms. The highest BCUT2D eigenvalue weighted by molar-refractivity contribution is 5.79. The summed E-state index contributed by atoms with van der Waals surface area (Å²) >= 11 is 0. The van der Waals surface area contributed by atoms with Gasteiger partial charge in [-0.3, -0.25) is 0 Å². The van der Waals surface area contributed by atoms with Crippen LogP contribution in [0.1, 0.15) is 13.3 Å². The van der Waals surface area contributed by atoms with Crippen LogP contribution in [0.5, 0.6) is 0 Å². The van der Waals surface area contributed by atoms with E-state index in [9.17, 15) is 0 Å².